The van der Waals surface area contributed by atoms with Crippen molar-refractivity contribution in [3.63, 3.8) is 0 Å². The minimum absolute atomic E-state index is 0.126. The second kappa shape index (κ2) is 6.12. The molecule has 0 saturated heterocycles. The SMILES string of the molecule is CN(CCc1ccc([N+](=O)[O-])cc1)CC(O)C1CC1. The summed E-state index contributed by atoms with van der Waals surface area (Å²) in [5.41, 5.74) is 1.21. The second-order valence-electron chi connectivity index (χ2n) is 5.34. The highest BCUT2D eigenvalue weighted by atomic mass is 16.6. The predicted molar refractivity (Wildman–Crippen MR) is 73.0 cm³/mol. The number of rotatable bonds is 7. The first kappa shape index (κ1) is 14.0. The number of hydrogen-bond acceptors (Lipinski definition) is 4. The lowest BCUT2D eigenvalue weighted by Crippen LogP contribution is -2.31. The van der Waals surface area contributed by atoms with Gasteiger partial charge in [-0.1, -0.05) is 12.1 Å². The molecule has 1 aromatic carbocycles. The lowest BCUT2D eigenvalue weighted by Gasteiger charge is -2.20. The van der Waals surface area contributed by atoms with E-state index in [0.29, 0.717) is 12.5 Å². The van der Waals surface area contributed by atoms with Gasteiger partial charge in [0.1, 0.15) is 0 Å². The fourth-order valence-corrected chi connectivity index (χ4v) is 2.14. The molecule has 104 valence electrons. The summed E-state index contributed by atoms with van der Waals surface area (Å²) in [5, 5.41) is 20.4. The van der Waals surface area contributed by atoms with E-state index in [1.807, 2.05) is 7.05 Å². The third-order valence-corrected chi connectivity index (χ3v) is 3.59. The Labute approximate surface area is 113 Å². The molecule has 0 aromatic heterocycles. The average Bonchev–Trinajstić information content (AvgIpc) is 3.21. The number of hydrogen-bond donors (Lipinski definition) is 1. The van der Waals surface area contributed by atoms with Gasteiger partial charge in [0.15, 0.2) is 0 Å². The first-order valence-electron chi connectivity index (χ1n) is 6.66. The highest BCUT2D eigenvalue weighted by Crippen LogP contribution is 2.32. The van der Waals surface area contributed by atoms with Crippen molar-refractivity contribution in [2.75, 3.05) is 20.1 Å². The quantitative estimate of drug-likeness (QED) is 0.603. The van der Waals surface area contributed by atoms with Crippen LogP contribution in [0, 0.1) is 16.0 Å². The van der Waals surface area contributed by atoms with Crippen molar-refractivity contribution < 1.29 is 10.0 Å². The van der Waals surface area contributed by atoms with Crippen LogP contribution in [0.25, 0.3) is 0 Å². The summed E-state index contributed by atoms with van der Waals surface area (Å²) in [5.74, 6) is 0.502. The Hall–Kier alpha value is -1.46. The van der Waals surface area contributed by atoms with Crippen LogP contribution in [0.1, 0.15) is 18.4 Å². The van der Waals surface area contributed by atoms with Crippen LogP contribution in [0.2, 0.25) is 0 Å². The molecule has 1 aliphatic carbocycles. The third kappa shape index (κ3) is 4.29. The zero-order chi connectivity index (χ0) is 13.8. The summed E-state index contributed by atoms with van der Waals surface area (Å²) in [7, 11) is 2.00. The molecule has 0 heterocycles. The number of benzene rings is 1. The van der Waals surface area contributed by atoms with Crippen LogP contribution in [0.3, 0.4) is 0 Å². The van der Waals surface area contributed by atoms with Crippen molar-refractivity contribution in [3.8, 4) is 0 Å². The van der Waals surface area contributed by atoms with Gasteiger partial charge < -0.3 is 10.0 Å². The van der Waals surface area contributed by atoms with Crippen LogP contribution >= 0.6 is 0 Å². The van der Waals surface area contributed by atoms with Gasteiger partial charge in [0, 0.05) is 25.2 Å². The van der Waals surface area contributed by atoms with E-state index in [0.717, 1.165) is 31.4 Å². The summed E-state index contributed by atoms with van der Waals surface area (Å²) >= 11 is 0. The molecule has 1 atom stereocenters. The molecule has 1 fully saturated rings. The van der Waals surface area contributed by atoms with Gasteiger partial charge in [-0.2, -0.15) is 0 Å². The number of nitro groups is 1. The van der Waals surface area contributed by atoms with E-state index in [2.05, 4.69) is 4.90 Å². The van der Waals surface area contributed by atoms with Crippen molar-refractivity contribution >= 4 is 5.69 Å². The number of likely N-dealkylation sites (N-methyl/N-ethyl adjacent to an activating group) is 1. The normalized spacial score (nSPS) is 16.6. The number of aliphatic hydroxyl groups is 1. The Balaban J connectivity index is 1.76. The molecule has 0 radical (unpaired) electrons. The van der Waals surface area contributed by atoms with Gasteiger partial charge in [0.05, 0.1) is 11.0 Å². The van der Waals surface area contributed by atoms with Crippen LogP contribution in [-0.4, -0.2) is 41.2 Å². The van der Waals surface area contributed by atoms with E-state index in [1.54, 1.807) is 12.1 Å². The largest absolute Gasteiger partial charge is 0.392 e. The molecule has 1 N–H and O–H groups in total. The molecule has 1 aliphatic rings. The number of non-ortho nitro benzene ring substituents is 1. The fourth-order valence-electron chi connectivity index (χ4n) is 2.14. The van der Waals surface area contributed by atoms with E-state index in [4.69, 9.17) is 0 Å². The number of nitrogens with zero attached hydrogens (tertiary/aromatic N) is 2. The van der Waals surface area contributed by atoms with Crippen molar-refractivity contribution in [3.05, 3.63) is 39.9 Å². The zero-order valence-corrected chi connectivity index (χ0v) is 11.2. The van der Waals surface area contributed by atoms with Crippen molar-refractivity contribution in [1.82, 2.24) is 4.90 Å². The first-order valence-corrected chi connectivity index (χ1v) is 6.66. The molecule has 1 unspecified atom stereocenters. The summed E-state index contributed by atoms with van der Waals surface area (Å²) in [6, 6.07) is 6.66. The molecule has 1 aromatic rings. The van der Waals surface area contributed by atoms with Gasteiger partial charge >= 0.3 is 0 Å². The monoisotopic (exact) mass is 264 g/mol. The van der Waals surface area contributed by atoms with Crippen LogP contribution in [0.5, 0.6) is 0 Å². The lowest BCUT2D eigenvalue weighted by molar-refractivity contribution is -0.384. The Morgan fingerprint density at radius 1 is 1.42 bits per heavy atom. The summed E-state index contributed by atoms with van der Waals surface area (Å²) in [6.45, 7) is 1.55. The van der Waals surface area contributed by atoms with Crippen molar-refractivity contribution in [1.29, 1.82) is 0 Å². The third-order valence-electron chi connectivity index (χ3n) is 3.59. The van der Waals surface area contributed by atoms with E-state index in [1.165, 1.54) is 12.1 Å². The lowest BCUT2D eigenvalue weighted by atomic mass is 10.1. The van der Waals surface area contributed by atoms with Gasteiger partial charge in [-0.15, -0.1) is 0 Å². The van der Waals surface area contributed by atoms with Crippen molar-refractivity contribution in [2.45, 2.75) is 25.4 Å². The molecule has 5 nitrogen and oxygen atoms in total. The number of nitro benzene ring substituents is 1. The van der Waals surface area contributed by atoms with Gasteiger partial charge in [-0.25, -0.2) is 0 Å². The van der Waals surface area contributed by atoms with Gasteiger partial charge in [-0.3, -0.25) is 10.1 Å². The maximum absolute atomic E-state index is 10.5. The smallest absolute Gasteiger partial charge is 0.269 e. The molecule has 0 amide bonds. The van der Waals surface area contributed by atoms with Crippen molar-refractivity contribution in [2.24, 2.45) is 5.92 Å². The van der Waals surface area contributed by atoms with E-state index < -0.39 is 0 Å². The van der Waals surface area contributed by atoms with Crippen LogP contribution < -0.4 is 0 Å². The van der Waals surface area contributed by atoms with Crippen LogP contribution in [0.4, 0.5) is 5.69 Å². The molecular weight excluding hydrogens is 244 g/mol. The maximum atomic E-state index is 10.5. The molecule has 19 heavy (non-hydrogen) atoms. The molecule has 0 aliphatic heterocycles. The van der Waals surface area contributed by atoms with Gasteiger partial charge in [-0.05, 0) is 37.8 Å². The average molecular weight is 264 g/mol. The topological polar surface area (TPSA) is 66.6 Å². The Kier molecular flexibility index (Phi) is 4.50. The molecule has 0 spiro atoms. The highest BCUT2D eigenvalue weighted by Gasteiger charge is 2.30. The van der Waals surface area contributed by atoms with Crippen LogP contribution in [-0.2, 0) is 6.42 Å². The minimum Gasteiger partial charge on any atom is -0.392 e. The highest BCUT2D eigenvalue weighted by molar-refractivity contribution is 5.32. The molecule has 2 rings (SSSR count). The molecular formula is C14H20N2O3. The maximum Gasteiger partial charge on any atom is 0.269 e. The van der Waals surface area contributed by atoms with E-state index in [9.17, 15) is 15.2 Å². The fraction of sp³-hybridized carbons (Fsp3) is 0.571. The zero-order valence-electron chi connectivity index (χ0n) is 11.2. The van der Waals surface area contributed by atoms with E-state index >= 15 is 0 Å². The van der Waals surface area contributed by atoms with E-state index in [-0.39, 0.29) is 16.7 Å². The first-order chi connectivity index (χ1) is 9.06. The molecule has 5 heteroatoms. The number of aliphatic hydroxyl groups excluding tert-OH is 1. The Bertz CT molecular complexity index is 429. The summed E-state index contributed by atoms with van der Waals surface area (Å²) in [6.07, 6.45) is 2.93. The molecule has 0 bridgehead atoms. The van der Waals surface area contributed by atoms with Gasteiger partial charge in [0.25, 0.3) is 5.69 Å². The predicted octanol–water partition coefficient (Wildman–Crippen LogP) is 1.84. The van der Waals surface area contributed by atoms with Gasteiger partial charge in [0.2, 0.25) is 0 Å². The Morgan fingerprint density at radius 3 is 2.58 bits per heavy atom. The minimum atomic E-state index is -0.387. The summed E-state index contributed by atoms with van der Waals surface area (Å²) in [4.78, 5) is 12.3. The second-order valence-corrected chi connectivity index (χ2v) is 5.34. The molecule has 1 saturated carbocycles. The summed E-state index contributed by atoms with van der Waals surface area (Å²) < 4.78 is 0. The Morgan fingerprint density at radius 2 is 2.05 bits per heavy atom. The standard InChI is InChI=1S/C14H20N2O3/c1-15(10-14(17)12-4-5-12)9-8-11-2-6-13(7-3-11)16(18)19/h2-3,6-7,12,14,17H,4-5,8-10H2,1H3. The van der Waals surface area contributed by atoms with Crippen LogP contribution in [0.15, 0.2) is 24.3 Å².